The molecule has 4 nitrogen and oxygen atoms in total. The maximum absolute atomic E-state index is 12.0. The molecule has 0 amide bonds. The van der Waals surface area contributed by atoms with Gasteiger partial charge in [0.15, 0.2) is 11.5 Å². The first-order valence-electron chi connectivity index (χ1n) is 6.33. The number of fused-ring (bicyclic) bond motifs is 1. The van der Waals surface area contributed by atoms with Gasteiger partial charge in [-0.05, 0) is 37.5 Å². The van der Waals surface area contributed by atoms with Crippen LogP contribution in [0.4, 0.5) is 0 Å². The van der Waals surface area contributed by atoms with Gasteiger partial charge in [0.1, 0.15) is 13.2 Å². The molecule has 18 heavy (non-hydrogen) atoms. The molecule has 0 saturated heterocycles. The van der Waals surface area contributed by atoms with E-state index >= 15 is 0 Å². The smallest absolute Gasteiger partial charge is 0.316 e. The average Bonchev–Trinajstić information content (AvgIpc) is 3.20. The summed E-state index contributed by atoms with van der Waals surface area (Å²) in [6.45, 7) is 3.39. The molecule has 0 spiro atoms. The molecule has 1 aromatic rings. The fraction of sp³-hybridized carbons (Fsp3) is 0.500. The number of carbonyl (C=O) groups is 1. The molecule has 1 heterocycles. The van der Waals surface area contributed by atoms with Crippen LogP contribution in [0.5, 0.6) is 11.5 Å². The van der Waals surface area contributed by atoms with Crippen LogP contribution in [0.2, 0.25) is 0 Å². The monoisotopic (exact) mass is 248 g/mol. The van der Waals surface area contributed by atoms with E-state index in [2.05, 4.69) is 0 Å². The highest BCUT2D eigenvalue weighted by molar-refractivity contribution is 5.86. The van der Waals surface area contributed by atoms with E-state index in [-0.39, 0.29) is 5.97 Å². The van der Waals surface area contributed by atoms with Crippen molar-refractivity contribution in [1.29, 1.82) is 0 Å². The Hall–Kier alpha value is -1.71. The quantitative estimate of drug-likeness (QED) is 0.768. The highest BCUT2D eigenvalue weighted by Crippen LogP contribution is 2.51. The molecule has 3 rings (SSSR count). The van der Waals surface area contributed by atoms with E-state index in [1.54, 1.807) is 0 Å². The zero-order chi connectivity index (χ0) is 12.6. The molecule has 0 atom stereocenters. The lowest BCUT2D eigenvalue weighted by molar-refractivity contribution is -0.146. The average molecular weight is 248 g/mol. The molecule has 1 saturated carbocycles. The zero-order valence-corrected chi connectivity index (χ0v) is 10.4. The second-order valence-electron chi connectivity index (χ2n) is 4.66. The van der Waals surface area contributed by atoms with Gasteiger partial charge >= 0.3 is 5.97 Å². The fourth-order valence-corrected chi connectivity index (χ4v) is 2.35. The van der Waals surface area contributed by atoms with Crippen LogP contribution in [0.15, 0.2) is 18.2 Å². The summed E-state index contributed by atoms with van der Waals surface area (Å²) in [5, 5.41) is 0. The summed E-state index contributed by atoms with van der Waals surface area (Å²) in [7, 11) is 0. The summed E-state index contributed by atoms with van der Waals surface area (Å²) in [5.74, 6) is 1.36. The standard InChI is InChI=1S/C14H16O4/c1-2-16-13(15)14(5-6-14)10-3-4-11-12(9-10)18-8-7-17-11/h3-4,9H,2,5-8H2,1H3. The summed E-state index contributed by atoms with van der Waals surface area (Å²) in [6.07, 6.45) is 1.71. The minimum Gasteiger partial charge on any atom is -0.486 e. The molecular weight excluding hydrogens is 232 g/mol. The molecule has 1 aliphatic carbocycles. The predicted molar refractivity (Wildman–Crippen MR) is 65.0 cm³/mol. The number of hydrogen-bond acceptors (Lipinski definition) is 4. The van der Waals surface area contributed by atoms with Crippen LogP contribution in [0.3, 0.4) is 0 Å². The van der Waals surface area contributed by atoms with Gasteiger partial charge in [-0.25, -0.2) is 0 Å². The van der Waals surface area contributed by atoms with Crippen LogP contribution in [-0.4, -0.2) is 25.8 Å². The Morgan fingerprint density at radius 1 is 1.28 bits per heavy atom. The van der Waals surface area contributed by atoms with Crippen LogP contribution in [0.25, 0.3) is 0 Å². The van der Waals surface area contributed by atoms with Gasteiger partial charge < -0.3 is 14.2 Å². The molecule has 4 heteroatoms. The first-order chi connectivity index (χ1) is 8.76. The molecule has 0 radical (unpaired) electrons. The minimum atomic E-state index is -0.439. The molecule has 0 aromatic heterocycles. The number of esters is 1. The lowest BCUT2D eigenvalue weighted by Crippen LogP contribution is -2.24. The van der Waals surface area contributed by atoms with Crippen molar-refractivity contribution in [2.24, 2.45) is 0 Å². The van der Waals surface area contributed by atoms with Crippen LogP contribution in [0, 0.1) is 0 Å². The van der Waals surface area contributed by atoms with Crippen LogP contribution >= 0.6 is 0 Å². The summed E-state index contributed by atoms with van der Waals surface area (Å²) in [4.78, 5) is 12.0. The van der Waals surface area contributed by atoms with Crippen molar-refractivity contribution >= 4 is 5.97 Å². The third-order valence-electron chi connectivity index (χ3n) is 3.51. The zero-order valence-electron chi connectivity index (χ0n) is 10.4. The summed E-state index contributed by atoms with van der Waals surface area (Å²) >= 11 is 0. The Labute approximate surface area is 106 Å². The highest BCUT2D eigenvalue weighted by Gasteiger charge is 2.53. The summed E-state index contributed by atoms with van der Waals surface area (Å²) in [6, 6.07) is 5.74. The van der Waals surface area contributed by atoms with Crippen LogP contribution in [-0.2, 0) is 14.9 Å². The predicted octanol–water partition coefficient (Wildman–Crippen LogP) is 2.05. The van der Waals surface area contributed by atoms with Gasteiger partial charge in [-0.1, -0.05) is 6.07 Å². The Bertz CT molecular complexity index is 477. The van der Waals surface area contributed by atoms with E-state index in [0.717, 1.165) is 29.9 Å². The number of carbonyl (C=O) groups excluding carboxylic acids is 1. The normalized spacial score (nSPS) is 19.2. The number of benzene rings is 1. The van der Waals surface area contributed by atoms with Crippen molar-refractivity contribution < 1.29 is 19.0 Å². The highest BCUT2D eigenvalue weighted by atomic mass is 16.6. The van der Waals surface area contributed by atoms with Crippen molar-refractivity contribution in [3.8, 4) is 11.5 Å². The van der Waals surface area contributed by atoms with Gasteiger partial charge in [0, 0.05) is 0 Å². The summed E-state index contributed by atoms with van der Waals surface area (Å²) in [5.41, 5.74) is 0.538. The molecule has 0 N–H and O–H groups in total. The van der Waals surface area contributed by atoms with Crippen molar-refractivity contribution in [2.75, 3.05) is 19.8 Å². The molecule has 1 aromatic carbocycles. The Balaban J connectivity index is 1.90. The van der Waals surface area contributed by atoms with Gasteiger partial charge in [0.05, 0.1) is 12.0 Å². The van der Waals surface area contributed by atoms with E-state index in [0.29, 0.717) is 19.8 Å². The maximum Gasteiger partial charge on any atom is 0.316 e. The van der Waals surface area contributed by atoms with Crippen molar-refractivity contribution in [1.82, 2.24) is 0 Å². The van der Waals surface area contributed by atoms with Crippen LogP contribution < -0.4 is 9.47 Å². The molecule has 0 unspecified atom stereocenters. The summed E-state index contributed by atoms with van der Waals surface area (Å²) < 4.78 is 16.2. The van der Waals surface area contributed by atoms with Gasteiger partial charge in [-0.15, -0.1) is 0 Å². The largest absolute Gasteiger partial charge is 0.486 e. The van der Waals surface area contributed by atoms with Crippen molar-refractivity contribution in [3.05, 3.63) is 23.8 Å². The van der Waals surface area contributed by atoms with Gasteiger partial charge in [-0.3, -0.25) is 4.79 Å². The first-order valence-corrected chi connectivity index (χ1v) is 6.33. The number of rotatable bonds is 3. The lowest BCUT2D eigenvalue weighted by Gasteiger charge is -2.21. The van der Waals surface area contributed by atoms with E-state index in [1.807, 2.05) is 25.1 Å². The van der Waals surface area contributed by atoms with Crippen molar-refractivity contribution in [3.63, 3.8) is 0 Å². The van der Waals surface area contributed by atoms with E-state index in [4.69, 9.17) is 14.2 Å². The van der Waals surface area contributed by atoms with E-state index < -0.39 is 5.41 Å². The third kappa shape index (κ3) is 1.72. The molecular formula is C14H16O4. The Morgan fingerprint density at radius 3 is 2.67 bits per heavy atom. The fourth-order valence-electron chi connectivity index (χ4n) is 2.35. The molecule has 1 fully saturated rings. The third-order valence-corrected chi connectivity index (χ3v) is 3.51. The molecule has 0 bridgehead atoms. The van der Waals surface area contributed by atoms with Crippen molar-refractivity contribution in [2.45, 2.75) is 25.2 Å². The second-order valence-corrected chi connectivity index (χ2v) is 4.66. The molecule has 2 aliphatic rings. The minimum absolute atomic E-state index is 0.123. The Morgan fingerprint density at radius 2 is 2.00 bits per heavy atom. The first kappa shape index (κ1) is 11.4. The number of hydrogen-bond donors (Lipinski definition) is 0. The lowest BCUT2D eigenvalue weighted by atomic mass is 9.95. The van der Waals surface area contributed by atoms with Gasteiger partial charge in [0.2, 0.25) is 0 Å². The SMILES string of the molecule is CCOC(=O)C1(c2ccc3c(c2)OCCO3)CC1. The topological polar surface area (TPSA) is 44.8 Å². The second kappa shape index (κ2) is 4.19. The van der Waals surface area contributed by atoms with Gasteiger partial charge in [0.25, 0.3) is 0 Å². The number of ether oxygens (including phenoxy) is 3. The van der Waals surface area contributed by atoms with Crippen LogP contribution in [0.1, 0.15) is 25.3 Å². The van der Waals surface area contributed by atoms with E-state index in [1.165, 1.54) is 0 Å². The Kier molecular flexibility index (Phi) is 2.65. The maximum atomic E-state index is 12.0. The van der Waals surface area contributed by atoms with Gasteiger partial charge in [-0.2, -0.15) is 0 Å². The van der Waals surface area contributed by atoms with E-state index in [9.17, 15) is 4.79 Å². The molecule has 1 aliphatic heterocycles. The molecule has 96 valence electrons.